The minimum Gasteiger partial charge on any atom is -0.508 e. The van der Waals surface area contributed by atoms with Crippen molar-refractivity contribution in [1.82, 2.24) is 15.6 Å². The molecule has 1 aliphatic carbocycles. The summed E-state index contributed by atoms with van der Waals surface area (Å²) in [7, 11) is 0. The number of amides is 2. The van der Waals surface area contributed by atoms with Crippen molar-refractivity contribution >= 4 is 11.8 Å². The SMILES string of the molecule is O=C(Cc1ccc(O)cc1)NC1CCC(NC(=O)c2cc(F)cnc2Oc2ccc(F)cc2)CC1. The highest BCUT2D eigenvalue weighted by Gasteiger charge is 2.25. The van der Waals surface area contributed by atoms with Gasteiger partial charge in [0.05, 0.1) is 12.6 Å². The number of carbonyl (C=O) groups is 2. The highest BCUT2D eigenvalue weighted by atomic mass is 19.1. The van der Waals surface area contributed by atoms with E-state index in [1.54, 1.807) is 24.3 Å². The number of phenols is 1. The number of aromatic nitrogens is 1. The van der Waals surface area contributed by atoms with Crippen molar-refractivity contribution in [1.29, 1.82) is 0 Å². The number of hydrogen-bond acceptors (Lipinski definition) is 5. The zero-order chi connectivity index (χ0) is 24.8. The van der Waals surface area contributed by atoms with Gasteiger partial charge in [0, 0.05) is 12.1 Å². The number of phenolic OH excluding ortho intramolecular Hbond substituents is 1. The molecule has 9 heteroatoms. The van der Waals surface area contributed by atoms with E-state index in [0.29, 0.717) is 25.7 Å². The van der Waals surface area contributed by atoms with E-state index < -0.39 is 17.5 Å². The molecule has 3 aromatic rings. The van der Waals surface area contributed by atoms with Crippen LogP contribution in [0.5, 0.6) is 17.4 Å². The molecule has 0 spiro atoms. The molecule has 1 saturated carbocycles. The maximum atomic E-state index is 13.8. The van der Waals surface area contributed by atoms with Gasteiger partial charge in [-0.2, -0.15) is 0 Å². The van der Waals surface area contributed by atoms with Crippen molar-refractivity contribution in [3.63, 3.8) is 0 Å². The maximum Gasteiger partial charge on any atom is 0.257 e. The van der Waals surface area contributed by atoms with E-state index >= 15 is 0 Å². The summed E-state index contributed by atoms with van der Waals surface area (Å²) in [5.74, 6) is -1.40. The summed E-state index contributed by atoms with van der Waals surface area (Å²) in [6.45, 7) is 0. The lowest BCUT2D eigenvalue weighted by molar-refractivity contribution is -0.121. The standard InChI is InChI=1S/C26H25F2N3O4/c27-17-3-11-22(12-4-17)35-26-23(14-18(28)15-29-26)25(34)31-20-7-5-19(6-8-20)30-24(33)13-16-1-9-21(32)10-2-16/h1-4,9-12,14-15,19-20,32H,5-8,13H2,(H,30,33)(H,31,34). The summed E-state index contributed by atoms with van der Waals surface area (Å²) in [5, 5.41) is 15.3. The molecular formula is C26H25F2N3O4. The fourth-order valence-corrected chi connectivity index (χ4v) is 4.01. The molecule has 182 valence electrons. The van der Waals surface area contributed by atoms with Crippen LogP contribution in [0.2, 0.25) is 0 Å². The summed E-state index contributed by atoms with van der Waals surface area (Å²) < 4.78 is 32.5. The first-order valence-electron chi connectivity index (χ1n) is 11.3. The molecule has 0 aliphatic heterocycles. The van der Waals surface area contributed by atoms with Crippen LogP contribution in [0.1, 0.15) is 41.6 Å². The van der Waals surface area contributed by atoms with Crippen molar-refractivity contribution in [2.24, 2.45) is 0 Å². The van der Waals surface area contributed by atoms with Crippen LogP contribution in [0.15, 0.2) is 60.8 Å². The van der Waals surface area contributed by atoms with Crippen LogP contribution in [0.25, 0.3) is 0 Å². The van der Waals surface area contributed by atoms with Crippen molar-refractivity contribution in [2.45, 2.75) is 44.2 Å². The van der Waals surface area contributed by atoms with Crippen LogP contribution in [0, 0.1) is 11.6 Å². The first-order chi connectivity index (χ1) is 16.9. The van der Waals surface area contributed by atoms with Crippen molar-refractivity contribution in [2.75, 3.05) is 0 Å². The molecule has 0 atom stereocenters. The second kappa shape index (κ2) is 10.9. The predicted molar refractivity (Wildman–Crippen MR) is 124 cm³/mol. The van der Waals surface area contributed by atoms with E-state index in [2.05, 4.69) is 15.6 Å². The van der Waals surface area contributed by atoms with E-state index in [-0.39, 0.29) is 47.4 Å². The molecular weight excluding hydrogens is 456 g/mol. The second-order valence-corrected chi connectivity index (χ2v) is 8.49. The number of nitrogens with zero attached hydrogens (tertiary/aromatic N) is 1. The number of benzene rings is 2. The van der Waals surface area contributed by atoms with Crippen molar-refractivity contribution in [3.05, 3.63) is 83.6 Å². The molecule has 4 rings (SSSR count). The Labute approximate surface area is 201 Å². The third-order valence-corrected chi connectivity index (χ3v) is 5.82. The molecule has 0 unspecified atom stereocenters. The topological polar surface area (TPSA) is 101 Å². The van der Waals surface area contributed by atoms with Gasteiger partial charge in [-0.1, -0.05) is 12.1 Å². The molecule has 1 heterocycles. The van der Waals surface area contributed by atoms with Gasteiger partial charge in [0.1, 0.15) is 28.7 Å². The molecule has 3 N–H and O–H groups in total. The minimum absolute atomic E-state index is 0.000902. The van der Waals surface area contributed by atoms with E-state index in [1.807, 2.05) is 0 Å². The van der Waals surface area contributed by atoms with Crippen LogP contribution in [0.3, 0.4) is 0 Å². The highest BCUT2D eigenvalue weighted by molar-refractivity contribution is 5.96. The molecule has 1 aliphatic rings. The third kappa shape index (κ3) is 6.75. The van der Waals surface area contributed by atoms with Crippen molar-refractivity contribution in [3.8, 4) is 17.4 Å². The van der Waals surface area contributed by atoms with Gasteiger partial charge < -0.3 is 20.5 Å². The van der Waals surface area contributed by atoms with Gasteiger partial charge in [0.2, 0.25) is 11.8 Å². The highest BCUT2D eigenvalue weighted by Crippen LogP contribution is 2.25. The summed E-state index contributed by atoms with van der Waals surface area (Å²) in [4.78, 5) is 29.1. The maximum absolute atomic E-state index is 13.8. The lowest BCUT2D eigenvalue weighted by Gasteiger charge is -2.29. The van der Waals surface area contributed by atoms with Crippen LogP contribution >= 0.6 is 0 Å². The molecule has 1 aromatic heterocycles. The number of carbonyl (C=O) groups excluding carboxylic acids is 2. The number of pyridine rings is 1. The Morgan fingerprint density at radius 2 is 1.54 bits per heavy atom. The summed E-state index contributed by atoms with van der Waals surface area (Å²) in [6.07, 6.45) is 3.83. The minimum atomic E-state index is -0.679. The molecule has 0 saturated heterocycles. The number of ether oxygens (including phenoxy) is 1. The Hall–Kier alpha value is -4.01. The molecule has 0 radical (unpaired) electrons. The van der Waals surface area contributed by atoms with Crippen LogP contribution in [-0.2, 0) is 11.2 Å². The first kappa shape index (κ1) is 24.1. The quantitative estimate of drug-likeness (QED) is 0.468. The van der Waals surface area contributed by atoms with E-state index in [1.165, 1.54) is 24.3 Å². The van der Waals surface area contributed by atoms with E-state index in [0.717, 1.165) is 17.8 Å². The van der Waals surface area contributed by atoms with Gasteiger partial charge in [0.15, 0.2) is 0 Å². The van der Waals surface area contributed by atoms with Gasteiger partial charge in [-0.15, -0.1) is 0 Å². The lowest BCUT2D eigenvalue weighted by atomic mass is 9.90. The smallest absolute Gasteiger partial charge is 0.257 e. The lowest BCUT2D eigenvalue weighted by Crippen LogP contribution is -2.44. The second-order valence-electron chi connectivity index (χ2n) is 8.49. The van der Waals surface area contributed by atoms with Crippen LogP contribution in [-0.4, -0.2) is 34.0 Å². The molecule has 2 amide bonds. The molecule has 7 nitrogen and oxygen atoms in total. The average molecular weight is 481 g/mol. The van der Waals surface area contributed by atoms with Gasteiger partial charge >= 0.3 is 0 Å². The number of nitrogens with one attached hydrogen (secondary N) is 2. The Morgan fingerprint density at radius 3 is 2.20 bits per heavy atom. The van der Waals surface area contributed by atoms with E-state index in [9.17, 15) is 23.5 Å². The number of halogens is 2. The molecule has 0 bridgehead atoms. The Kier molecular flexibility index (Phi) is 7.54. The molecule has 35 heavy (non-hydrogen) atoms. The van der Waals surface area contributed by atoms with Gasteiger partial charge in [-0.05, 0) is 73.7 Å². The first-order valence-corrected chi connectivity index (χ1v) is 11.3. The Balaban J connectivity index is 1.30. The summed E-state index contributed by atoms with van der Waals surface area (Å²) in [6, 6.07) is 12.6. The fraction of sp³-hybridized carbons (Fsp3) is 0.269. The number of hydrogen-bond donors (Lipinski definition) is 3. The normalized spacial score (nSPS) is 17.4. The average Bonchev–Trinajstić information content (AvgIpc) is 2.84. The van der Waals surface area contributed by atoms with Crippen LogP contribution in [0.4, 0.5) is 8.78 Å². The van der Waals surface area contributed by atoms with E-state index in [4.69, 9.17) is 4.74 Å². The number of aromatic hydroxyl groups is 1. The summed E-state index contributed by atoms with van der Waals surface area (Å²) in [5.41, 5.74) is 0.752. The zero-order valence-electron chi connectivity index (χ0n) is 18.8. The predicted octanol–water partition coefficient (Wildman–Crippen LogP) is 4.26. The zero-order valence-corrected chi connectivity index (χ0v) is 18.8. The molecule has 2 aromatic carbocycles. The summed E-state index contributed by atoms with van der Waals surface area (Å²) >= 11 is 0. The monoisotopic (exact) mass is 481 g/mol. The van der Waals surface area contributed by atoms with Crippen LogP contribution < -0.4 is 15.4 Å². The van der Waals surface area contributed by atoms with Gasteiger partial charge in [0.25, 0.3) is 5.91 Å². The fourth-order valence-electron chi connectivity index (χ4n) is 4.01. The third-order valence-electron chi connectivity index (χ3n) is 5.82. The van der Waals surface area contributed by atoms with Gasteiger partial charge in [-0.25, -0.2) is 13.8 Å². The Bertz CT molecular complexity index is 1180. The largest absolute Gasteiger partial charge is 0.508 e. The van der Waals surface area contributed by atoms with Crippen molar-refractivity contribution < 1.29 is 28.2 Å². The van der Waals surface area contributed by atoms with Gasteiger partial charge in [-0.3, -0.25) is 9.59 Å². The number of rotatable bonds is 7. The Morgan fingerprint density at radius 1 is 0.914 bits per heavy atom. The molecule has 1 fully saturated rings.